The predicted octanol–water partition coefficient (Wildman–Crippen LogP) is 1.76. The van der Waals surface area contributed by atoms with Crippen LogP contribution in [0.3, 0.4) is 0 Å². The molecular weight excluding hydrogens is 191 g/mol. The van der Waals surface area contributed by atoms with Crippen molar-refractivity contribution in [3.63, 3.8) is 0 Å². The zero-order valence-electron chi connectivity index (χ0n) is 9.79. The summed E-state index contributed by atoms with van der Waals surface area (Å²) >= 11 is 0. The number of piperazine rings is 1. The third kappa shape index (κ3) is 2.91. The maximum atomic E-state index is 12.5. The molecular formula is C12H23FN2. The van der Waals surface area contributed by atoms with E-state index < -0.39 is 0 Å². The molecule has 2 aliphatic rings. The lowest BCUT2D eigenvalue weighted by molar-refractivity contribution is 0.0779. The normalized spacial score (nSPS) is 35.6. The first-order valence-corrected chi connectivity index (χ1v) is 6.28. The summed E-state index contributed by atoms with van der Waals surface area (Å²) in [5, 5.41) is 0. The average molecular weight is 214 g/mol. The van der Waals surface area contributed by atoms with Crippen molar-refractivity contribution in [1.82, 2.24) is 9.80 Å². The number of likely N-dealkylation sites (N-methyl/N-ethyl adjacent to an activating group) is 1. The van der Waals surface area contributed by atoms with Crippen LogP contribution in [-0.4, -0.2) is 55.7 Å². The van der Waals surface area contributed by atoms with Crippen molar-refractivity contribution in [2.24, 2.45) is 5.92 Å². The lowest BCUT2D eigenvalue weighted by Crippen LogP contribution is -2.49. The Bertz CT molecular complexity index is 182. The van der Waals surface area contributed by atoms with E-state index in [9.17, 15) is 4.39 Å². The van der Waals surface area contributed by atoms with Crippen LogP contribution in [0.1, 0.15) is 25.7 Å². The summed E-state index contributed by atoms with van der Waals surface area (Å²) in [6.07, 6.45) is 4.65. The number of halogens is 1. The molecule has 3 heteroatoms. The summed E-state index contributed by atoms with van der Waals surface area (Å²) < 4.78 is 12.5. The lowest BCUT2D eigenvalue weighted by atomic mass is 9.86. The van der Waals surface area contributed by atoms with Crippen molar-refractivity contribution in [2.75, 3.05) is 39.9 Å². The van der Waals surface area contributed by atoms with E-state index in [0.717, 1.165) is 18.9 Å². The fraction of sp³-hybridized carbons (Fsp3) is 1.00. The molecule has 0 aromatic rings. The maximum Gasteiger partial charge on any atom is 0.0922 e. The molecule has 1 aliphatic carbocycles. The van der Waals surface area contributed by atoms with Crippen molar-refractivity contribution in [1.29, 1.82) is 0 Å². The minimum absolute atomic E-state index is 0.102. The Balaban J connectivity index is 1.75. The van der Waals surface area contributed by atoms with Crippen LogP contribution >= 0.6 is 0 Å². The Labute approximate surface area is 92.4 Å². The Morgan fingerprint density at radius 3 is 2.13 bits per heavy atom. The van der Waals surface area contributed by atoms with Gasteiger partial charge in [0.2, 0.25) is 0 Å². The van der Waals surface area contributed by atoms with Crippen molar-refractivity contribution in [3.05, 3.63) is 0 Å². The minimum atomic E-state index is -0.102. The first-order valence-electron chi connectivity index (χ1n) is 6.28. The van der Waals surface area contributed by atoms with Gasteiger partial charge in [-0.2, -0.15) is 0 Å². The van der Waals surface area contributed by atoms with Crippen LogP contribution in [0.25, 0.3) is 0 Å². The molecule has 0 unspecified atom stereocenters. The Kier molecular flexibility index (Phi) is 3.98. The van der Waals surface area contributed by atoms with Gasteiger partial charge in [-0.05, 0) is 38.6 Å². The van der Waals surface area contributed by atoms with Crippen LogP contribution in [-0.2, 0) is 0 Å². The number of hydrogen-bond donors (Lipinski definition) is 0. The van der Waals surface area contributed by atoms with Gasteiger partial charge in [0.15, 0.2) is 0 Å². The number of nitrogens with zero attached hydrogens (tertiary/aromatic N) is 2. The number of rotatable bonds is 2. The van der Waals surface area contributed by atoms with Gasteiger partial charge in [-0.3, -0.25) is 9.29 Å². The number of hydrogen-bond acceptors (Lipinski definition) is 2. The van der Waals surface area contributed by atoms with Crippen molar-refractivity contribution >= 4 is 0 Å². The molecule has 1 heterocycles. The van der Waals surface area contributed by atoms with Crippen LogP contribution in [0.4, 0.5) is 4.39 Å². The van der Waals surface area contributed by atoms with E-state index >= 15 is 0 Å². The zero-order chi connectivity index (χ0) is 10.7. The molecule has 0 spiro atoms. The Morgan fingerprint density at radius 1 is 1.00 bits per heavy atom. The van der Waals surface area contributed by atoms with Gasteiger partial charge >= 0.3 is 0 Å². The largest absolute Gasteiger partial charge is 0.304 e. The summed E-state index contributed by atoms with van der Waals surface area (Å²) in [4.78, 5) is 5.01. The van der Waals surface area contributed by atoms with Gasteiger partial charge in [-0.25, -0.2) is 0 Å². The second-order valence-corrected chi connectivity index (χ2v) is 5.17. The first-order chi connectivity index (χ1) is 7.29. The maximum absolute atomic E-state index is 12.5. The van der Waals surface area contributed by atoms with Crippen LogP contribution in [0.2, 0.25) is 0 Å². The minimum Gasteiger partial charge on any atom is -0.304 e. The molecule has 88 valence electrons. The molecule has 1 aliphatic heterocycles. The number of alkyl halides is 1. The quantitative estimate of drug-likeness (QED) is 0.691. The monoisotopic (exact) mass is 214 g/mol. The highest BCUT2D eigenvalue weighted by molar-refractivity contribution is 4.82. The smallest absolute Gasteiger partial charge is 0.0922 e. The van der Waals surface area contributed by atoms with Crippen LogP contribution in [0, 0.1) is 5.92 Å². The molecule has 0 atom stereocenters. The van der Waals surface area contributed by atoms with Gasteiger partial charge in [-0.15, -0.1) is 0 Å². The summed E-state index contributed by atoms with van der Waals surface area (Å²) in [6, 6.07) is 0.751. The van der Waals surface area contributed by atoms with Crippen molar-refractivity contribution in [2.45, 2.75) is 31.7 Å². The summed E-state index contributed by atoms with van der Waals surface area (Å²) in [6.45, 7) is 4.71. The van der Waals surface area contributed by atoms with Gasteiger partial charge in [-0.1, -0.05) is 0 Å². The van der Waals surface area contributed by atoms with E-state index in [0.29, 0.717) is 5.92 Å². The summed E-state index contributed by atoms with van der Waals surface area (Å²) in [5.74, 6) is 0.369. The van der Waals surface area contributed by atoms with Crippen molar-refractivity contribution < 1.29 is 4.39 Å². The van der Waals surface area contributed by atoms with Crippen LogP contribution in [0.5, 0.6) is 0 Å². The third-order valence-electron chi connectivity index (χ3n) is 4.09. The molecule has 2 rings (SSSR count). The highest BCUT2D eigenvalue weighted by atomic mass is 19.1. The van der Waals surface area contributed by atoms with Crippen LogP contribution in [0.15, 0.2) is 0 Å². The molecule has 0 amide bonds. The van der Waals surface area contributed by atoms with Crippen molar-refractivity contribution in [3.8, 4) is 0 Å². The molecule has 0 radical (unpaired) electrons. The molecule has 0 bridgehead atoms. The Hall–Kier alpha value is -0.150. The van der Waals surface area contributed by atoms with Gasteiger partial charge in [0.25, 0.3) is 0 Å². The standard InChI is InChI=1S/C12H23FN2/c1-14-6-8-15(9-7-14)12-4-2-11(10-13)3-5-12/h11-12H,2-10H2,1H3/t11-,12-. The fourth-order valence-electron chi connectivity index (χ4n) is 2.85. The highest BCUT2D eigenvalue weighted by Gasteiger charge is 2.27. The molecule has 0 aromatic carbocycles. The topological polar surface area (TPSA) is 6.48 Å². The summed E-state index contributed by atoms with van der Waals surface area (Å²) in [5.41, 5.74) is 0. The predicted molar refractivity (Wildman–Crippen MR) is 60.8 cm³/mol. The van der Waals surface area contributed by atoms with Crippen LogP contribution < -0.4 is 0 Å². The second kappa shape index (κ2) is 5.26. The molecule has 0 aromatic heterocycles. The van der Waals surface area contributed by atoms with E-state index in [2.05, 4.69) is 16.8 Å². The van der Waals surface area contributed by atoms with E-state index in [-0.39, 0.29) is 6.67 Å². The zero-order valence-corrected chi connectivity index (χ0v) is 9.79. The molecule has 2 nitrogen and oxygen atoms in total. The van der Waals surface area contributed by atoms with E-state index in [4.69, 9.17) is 0 Å². The van der Waals surface area contributed by atoms with Gasteiger partial charge < -0.3 is 4.90 Å². The Morgan fingerprint density at radius 2 is 1.60 bits per heavy atom. The molecule has 1 saturated heterocycles. The SMILES string of the molecule is CN1CCN([C@H]2CC[C@H](CF)CC2)CC1. The fourth-order valence-corrected chi connectivity index (χ4v) is 2.85. The first kappa shape index (κ1) is 11.3. The molecule has 2 fully saturated rings. The molecule has 15 heavy (non-hydrogen) atoms. The van der Waals surface area contributed by atoms with Gasteiger partial charge in [0.1, 0.15) is 0 Å². The second-order valence-electron chi connectivity index (χ2n) is 5.17. The van der Waals surface area contributed by atoms with E-state index in [1.807, 2.05) is 0 Å². The van der Waals surface area contributed by atoms with Gasteiger partial charge in [0.05, 0.1) is 6.67 Å². The average Bonchev–Trinajstić information content (AvgIpc) is 2.30. The highest BCUT2D eigenvalue weighted by Crippen LogP contribution is 2.28. The van der Waals surface area contributed by atoms with Gasteiger partial charge in [0, 0.05) is 32.2 Å². The molecule has 1 saturated carbocycles. The molecule has 0 N–H and O–H groups in total. The summed E-state index contributed by atoms with van der Waals surface area (Å²) in [7, 11) is 2.19. The third-order valence-corrected chi connectivity index (χ3v) is 4.09. The van der Waals surface area contributed by atoms with E-state index in [1.54, 1.807) is 0 Å². The van der Waals surface area contributed by atoms with E-state index in [1.165, 1.54) is 39.0 Å². The lowest BCUT2D eigenvalue weighted by Gasteiger charge is -2.40.